The number of rotatable bonds is 5. The van der Waals surface area contributed by atoms with Crippen LogP contribution < -0.4 is 0 Å². The van der Waals surface area contributed by atoms with E-state index in [4.69, 9.17) is 4.42 Å². The van der Waals surface area contributed by atoms with Gasteiger partial charge in [0.1, 0.15) is 5.76 Å². The van der Waals surface area contributed by atoms with Gasteiger partial charge in [-0.3, -0.25) is 4.79 Å². The smallest absolute Gasteiger partial charge is 0.158 e. The van der Waals surface area contributed by atoms with E-state index in [1.807, 2.05) is 12.1 Å². The summed E-state index contributed by atoms with van der Waals surface area (Å²) in [6, 6.07) is 3.92. The number of carbonyl (C=O) groups is 1. The van der Waals surface area contributed by atoms with Crippen molar-refractivity contribution in [3.05, 3.63) is 35.8 Å². The SMILES string of the molecule is O=C1CCC=C1CCCCc1ccco1. The average Bonchev–Trinajstić information content (AvgIpc) is 2.85. The number of ketones is 1. The maximum Gasteiger partial charge on any atom is 0.158 e. The third-order valence-electron chi connectivity index (χ3n) is 2.82. The summed E-state index contributed by atoms with van der Waals surface area (Å²) in [4.78, 5) is 11.3. The molecule has 80 valence electrons. The Labute approximate surface area is 90.0 Å². The molecule has 0 N–H and O–H groups in total. The second-order valence-electron chi connectivity index (χ2n) is 3.98. The van der Waals surface area contributed by atoms with Crippen LogP contribution in [0.25, 0.3) is 0 Å². The van der Waals surface area contributed by atoms with Gasteiger partial charge in [-0.25, -0.2) is 0 Å². The first-order chi connectivity index (χ1) is 7.36. The third kappa shape index (κ3) is 2.82. The maximum absolute atomic E-state index is 11.3. The first-order valence-corrected chi connectivity index (χ1v) is 5.61. The highest BCUT2D eigenvalue weighted by molar-refractivity contribution is 5.97. The zero-order chi connectivity index (χ0) is 10.5. The Hall–Kier alpha value is -1.31. The van der Waals surface area contributed by atoms with E-state index in [1.54, 1.807) is 6.26 Å². The molecule has 1 aromatic rings. The van der Waals surface area contributed by atoms with Crippen molar-refractivity contribution in [3.63, 3.8) is 0 Å². The van der Waals surface area contributed by atoms with Crippen LogP contribution in [0.4, 0.5) is 0 Å². The highest BCUT2D eigenvalue weighted by atomic mass is 16.3. The largest absolute Gasteiger partial charge is 0.469 e. The second-order valence-corrected chi connectivity index (χ2v) is 3.98. The number of Topliss-reactive ketones (excluding diaryl/α,β-unsaturated/α-hetero) is 1. The molecule has 0 bridgehead atoms. The van der Waals surface area contributed by atoms with Crippen LogP contribution in [0, 0.1) is 0 Å². The second kappa shape index (κ2) is 4.96. The van der Waals surface area contributed by atoms with E-state index in [1.165, 1.54) is 0 Å². The summed E-state index contributed by atoms with van der Waals surface area (Å²) < 4.78 is 5.25. The molecule has 0 fully saturated rings. The fraction of sp³-hybridized carbons (Fsp3) is 0.462. The lowest BCUT2D eigenvalue weighted by Crippen LogP contribution is -1.95. The van der Waals surface area contributed by atoms with E-state index >= 15 is 0 Å². The van der Waals surface area contributed by atoms with Crippen LogP contribution in [0.5, 0.6) is 0 Å². The molecule has 0 radical (unpaired) electrons. The molecule has 0 atom stereocenters. The molecule has 1 heterocycles. The van der Waals surface area contributed by atoms with Gasteiger partial charge in [0, 0.05) is 12.8 Å². The van der Waals surface area contributed by atoms with E-state index in [2.05, 4.69) is 6.08 Å². The van der Waals surface area contributed by atoms with Crippen LogP contribution in [-0.2, 0) is 11.2 Å². The first kappa shape index (κ1) is 10.2. The van der Waals surface area contributed by atoms with Crippen LogP contribution in [0.15, 0.2) is 34.5 Å². The molecule has 0 aromatic carbocycles. The molecule has 2 rings (SSSR count). The molecule has 0 spiro atoms. The van der Waals surface area contributed by atoms with Crippen molar-refractivity contribution in [3.8, 4) is 0 Å². The number of hydrogen-bond donors (Lipinski definition) is 0. The van der Waals surface area contributed by atoms with E-state index in [0.29, 0.717) is 5.78 Å². The molecule has 0 unspecified atom stereocenters. The van der Waals surface area contributed by atoms with E-state index < -0.39 is 0 Å². The molecule has 1 aliphatic rings. The van der Waals surface area contributed by atoms with Crippen molar-refractivity contribution in [1.29, 1.82) is 0 Å². The van der Waals surface area contributed by atoms with Gasteiger partial charge < -0.3 is 4.42 Å². The summed E-state index contributed by atoms with van der Waals surface area (Å²) in [5.41, 5.74) is 1.05. The number of hydrogen-bond acceptors (Lipinski definition) is 2. The predicted octanol–water partition coefficient (Wildman–Crippen LogP) is 3.28. The van der Waals surface area contributed by atoms with Crippen molar-refractivity contribution >= 4 is 5.78 Å². The Balaban J connectivity index is 1.65. The molecule has 2 heteroatoms. The fourth-order valence-corrected chi connectivity index (χ4v) is 1.96. The molecule has 0 saturated carbocycles. The topological polar surface area (TPSA) is 30.2 Å². The normalized spacial score (nSPS) is 15.7. The first-order valence-electron chi connectivity index (χ1n) is 5.61. The van der Waals surface area contributed by atoms with Crippen LogP contribution in [0.2, 0.25) is 0 Å². The zero-order valence-corrected chi connectivity index (χ0v) is 8.87. The number of carbonyl (C=O) groups excluding carboxylic acids is 1. The Morgan fingerprint density at radius 1 is 1.27 bits per heavy atom. The number of furan rings is 1. The minimum absolute atomic E-state index is 0.355. The van der Waals surface area contributed by atoms with Crippen molar-refractivity contribution in [2.75, 3.05) is 0 Å². The summed E-state index contributed by atoms with van der Waals surface area (Å²) in [6.45, 7) is 0. The standard InChI is InChI=1S/C13H16O2/c14-13-9-3-6-11(13)5-1-2-7-12-8-4-10-15-12/h4,6,8,10H,1-3,5,7,9H2. The van der Waals surface area contributed by atoms with Crippen molar-refractivity contribution in [2.45, 2.75) is 38.5 Å². The summed E-state index contributed by atoms with van der Waals surface area (Å²) in [5, 5.41) is 0. The van der Waals surface area contributed by atoms with Crippen LogP contribution in [0.3, 0.4) is 0 Å². The summed E-state index contributed by atoms with van der Waals surface area (Å²) in [6.07, 6.45) is 9.58. The average molecular weight is 204 g/mol. The summed E-state index contributed by atoms with van der Waals surface area (Å²) >= 11 is 0. The van der Waals surface area contributed by atoms with Gasteiger partial charge in [0.2, 0.25) is 0 Å². The highest BCUT2D eigenvalue weighted by Gasteiger charge is 2.13. The molecule has 0 saturated heterocycles. The number of aryl methyl sites for hydroxylation is 1. The van der Waals surface area contributed by atoms with Gasteiger partial charge in [0.05, 0.1) is 6.26 Å². The van der Waals surface area contributed by atoms with Crippen molar-refractivity contribution < 1.29 is 9.21 Å². The predicted molar refractivity (Wildman–Crippen MR) is 58.6 cm³/mol. The third-order valence-corrected chi connectivity index (χ3v) is 2.82. The highest BCUT2D eigenvalue weighted by Crippen LogP contribution is 2.19. The van der Waals surface area contributed by atoms with Crippen molar-refractivity contribution in [2.24, 2.45) is 0 Å². The van der Waals surface area contributed by atoms with Crippen LogP contribution in [-0.4, -0.2) is 5.78 Å². The lowest BCUT2D eigenvalue weighted by molar-refractivity contribution is -0.115. The molecule has 0 amide bonds. The molecule has 15 heavy (non-hydrogen) atoms. The van der Waals surface area contributed by atoms with Gasteiger partial charge >= 0.3 is 0 Å². The van der Waals surface area contributed by atoms with Gasteiger partial charge in [-0.2, -0.15) is 0 Å². The Kier molecular flexibility index (Phi) is 3.38. The molecule has 1 aliphatic carbocycles. The Bertz CT molecular complexity index is 347. The lowest BCUT2D eigenvalue weighted by Gasteiger charge is -2.00. The minimum atomic E-state index is 0.355. The van der Waals surface area contributed by atoms with E-state index in [-0.39, 0.29) is 0 Å². The Morgan fingerprint density at radius 2 is 2.13 bits per heavy atom. The van der Waals surface area contributed by atoms with Crippen LogP contribution in [0.1, 0.15) is 37.9 Å². The monoisotopic (exact) mass is 204 g/mol. The molecule has 0 aliphatic heterocycles. The van der Waals surface area contributed by atoms with Crippen molar-refractivity contribution in [1.82, 2.24) is 0 Å². The quantitative estimate of drug-likeness (QED) is 0.689. The molecule has 1 aromatic heterocycles. The minimum Gasteiger partial charge on any atom is -0.469 e. The zero-order valence-electron chi connectivity index (χ0n) is 8.87. The maximum atomic E-state index is 11.3. The van der Waals surface area contributed by atoms with Gasteiger partial charge in [-0.05, 0) is 43.4 Å². The van der Waals surface area contributed by atoms with Gasteiger partial charge in [-0.1, -0.05) is 6.08 Å². The van der Waals surface area contributed by atoms with Crippen LogP contribution >= 0.6 is 0 Å². The van der Waals surface area contributed by atoms with E-state index in [0.717, 1.165) is 49.9 Å². The van der Waals surface area contributed by atoms with Gasteiger partial charge in [0.15, 0.2) is 5.78 Å². The molecular weight excluding hydrogens is 188 g/mol. The molecular formula is C13H16O2. The number of unbranched alkanes of at least 4 members (excludes halogenated alkanes) is 1. The van der Waals surface area contributed by atoms with E-state index in [9.17, 15) is 4.79 Å². The Morgan fingerprint density at radius 3 is 2.80 bits per heavy atom. The fourth-order valence-electron chi connectivity index (χ4n) is 1.96. The summed E-state index contributed by atoms with van der Waals surface area (Å²) in [7, 11) is 0. The lowest BCUT2D eigenvalue weighted by atomic mass is 10.1. The summed E-state index contributed by atoms with van der Waals surface area (Å²) in [5.74, 6) is 1.40. The number of allylic oxidation sites excluding steroid dienone is 2. The van der Waals surface area contributed by atoms with Gasteiger partial charge in [0.25, 0.3) is 0 Å². The molecule has 2 nitrogen and oxygen atoms in total. The van der Waals surface area contributed by atoms with Gasteiger partial charge in [-0.15, -0.1) is 0 Å².